The zero-order chi connectivity index (χ0) is 12.8. The van der Waals surface area contributed by atoms with E-state index < -0.39 is 0 Å². The van der Waals surface area contributed by atoms with Gasteiger partial charge in [0.25, 0.3) is 0 Å². The van der Waals surface area contributed by atoms with Crippen molar-refractivity contribution in [2.24, 2.45) is 0 Å². The van der Waals surface area contributed by atoms with Crippen LogP contribution in [0.25, 0.3) is 0 Å². The smallest absolute Gasteiger partial charge is 0.0110 e. The summed E-state index contributed by atoms with van der Waals surface area (Å²) in [7, 11) is 4.54. The summed E-state index contributed by atoms with van der Waals surface area (Å²) in [5.41, 5.74) is 0. The molecule has 4 nitrogen and oxygen atoms in total. The molecule has 2 saturated heterocycles. The van der Waals surface area contributed by atoms with Crippen LogP contribution in [0, 0.1) is 0 Å². The fraction of sp³-hybridized carbons (Fsp3) is 1.00. The molecule has 0 aromatic carbocycles. The van der Waals surface area contributed by atoms with Crippen LogP contribution in [0.2, 0.25) is 0 Å². The van der Waals surface area contributed by atoms with E-state index in [4.69, 9.17) is 0 Å². The first-order valence-corrected chi connectivity index (χ1v) is 7.56. The molecule has 0 N–H and O–H groups in total. The van der Waals surface area contributed by atoms with Crippen molar-refractivity contribution in [3.05, 3.63) is 0 Å². The van der Waals surface area contributed by atoms with Crippen molar-refractivity contribution in [2.45, 2.75) is 12.8 Å². The Bertz CT molecular complexity index is 221. The van der Waals surface area contributed by atoms with E-state index in [0.29, 0.717) is 0 Å². The molecular weight excluding hydrogens is 315 g/mol. The number of likely N-dealkylation sites (N-methyl/N-ethyl adjacent to an activating group) is 2. The summed E-state index contributed by atoms with van der Waals surface area (Å²) in [5.74, 6) is 0. The van der Waals surface area contributed by atoms with Crippen molar-refractivity contribution in [2.75, 3.05) is 79.5 Å². The monoisotopic (exact) mass is 345 g/mol. The van der Waals surface area contributed by atoms with Crippen LogP contribution in [-0.2, 0) is 17.1 Å². The predicted octanol–water partition coefficient (Wildman–Crippen LogP) is 0.681. The second kappa shape index (κ2) is 11.2. The molecule has 1 radical (unpaired) electrons. The van der Waals surface area contributed by atoms with E-state index in [9.17, 15) is 0 Å². The van der Waals surface area contributed by atoms with Gasteiger partial charge in [-0.2, -0.15) is 0 Å². The fourth-order valence-electron chi connectivity index (χ4n) is 2.93. The molecule has 121 valence electrons. The van der Waals surface area contributed by atoms with E-state index in [2.05, 4.69) is 33.7 Å². The number of nitrogens with zero attached hydrogens (tertiary/aromatic N) is 4. The van der Waals surface area contributed by atoms with Gasteiger partial charge >= 0.3 is 0 Å². The second-order valence-corrected chi connectivity index (χ2v) is 6.00. The molecule has 0 aromatic heterocycles. The molecule has 2 aliphatic heterocycles. The largest absolute Gasteiger partial charge is 0.305 e. The Morgan fingerprint density at radius 3 is 1.25 bits per heavy atom. The van der Waals surface area contributed by atoms with Crippen LogP contribution in [-0.4, -0.2) is 99.1 Å². The van der Waals surface area contributed by atoms with Gasteiger partial charge in [0.1, 0.15) is 0 Å². The van der Waals surface area contributed by atoms with Gasteiger partial charge in [0.2, 0.25) is 0 Å². The normalized spacial score (nSPS) is 30.9. The second-order valence-electron chi connectivity index (χ2n) is 6.00. The number of halogens is 1. The Balaban J connectivity index is 0.00000180. The molecule has 0 spiro atoms. The van der Waals surface area contributed by atoms with Crippen LogP contribution in [0.4, 0.5) is 0 Å². The van der Waals surface area contributed by atoms with E-state index in [0.717, 1.165) is 0 Å². The van der Waals surface area contributed by atoms with E-state index in [-0.39, 0.29) is 29.5 Å². The molecule has 2 atom stereocenters. The minimum atomic E-state index is 0. The summed E-state index contributed by atoms with van der Waals surface area (Å²) in [4.78, 5) is 10.3. The third-order valence-electron chi connectivity index (χ3n) is 4.36. The molecular formula is C14H31ClMnN4. The SMILES string of the molecule is CN1CCCN2CCN(C)CCCN(CC1)CC2.Cl.[Mn]. The molecule has 2 bridgehead atoms. The van der Waals surface area contributed by atoms with Crippen LogP contribution in [0.5, 0.6) is 0 Å². The van der Waals surface area contributed by atoms with Gasteiger partial charge in [0.05, 0.1) is 0 Å². The van der Waals surface area contributed by atoms with Gasteiger partial charge in [0, 0.05) is 56.3 Å². The molecule has 0 aromatic rings. The van der Waals surface area contributed by atoms with Crippen molar-refractivity contribution < 1.29 is 17.1 Å². The summed E-state index contributed by atoms with van der Waals surface area (Å²) in [5, 5.41) is 0. The van der Waals surface area contributed by atoms with E-state index in [1.165, 1.54) is 78.3 Å². The molecule has 0 amide bonds. The molecule has 0 aliphatic carbocycles. The number of hydrogen-bond acceptors (Lipinski definition) is 4. The van der Waals surface area contributed by atoms with Gasteiger partial charge in [-0.1, -0.05) is 0 Å². The Labute approximate surface area is 141 Å². The van der Waals surface area contributed by atoms with Crippen LogP contribution in [0.15, 0.2) is 0 Å². The zero-order valence-corrected chi connectivity index (χ0v) is 15.1. The van der Waals surface area contributed by atoms with Crippen LogP contribution in [0.1, 0.15) is 12.8 Å². The fourth-order valence-corrected chi connectivity index (χ4v) is 2.93. The number of rotatable bonds is 0. The Morgan fingerprint density at radius 1 is 0.500 bits per heavy atom. The summed E-state index contributed by atoms with van der Waals surface area (Å²) >= 11 is 0. The van der Waals surface area contributed by atoms with Crippen LogP contribution in [0.3, 0.4) is 0 Å². The molecule has 2 fully saturated rings. The third kappa shape index (κ3) is 7.60. The maximum atomic E-state index is 2.66. The quantitative estimate of drug-likeness (QED) is 0.599. The van der Waals surface area contributed by atoms with Crippen molar-refractivity contribution in [3.63, 3.8) is 0 Å². The summed E-state index contributed by atoms with van der Waals surface area (Å²) in [6, 6.07) is 0. The van der Waals surface area contributed by atoms with E-state index in [1.807, 2.05) is 0 Å². The molecule has 2 heterocycles. The first-order chi connectivity index (χ1) is 8.74. The van der Waals surface area contributed by atoms with Crippen molar-refractivity contribution in [1.29, 1.82) is 0 Å². The van der Waals surface area contributed by atoms with Gasteiger partial charge < -0.3 is 19.6 Å². The van der Waals surface area contributed by atoms with Crippen molar-refractivity contribution in [1.82, 2.24) is 19.6 Å². The van der Waals surface area contributed by atoms with Crippen molar-refractivity contribution in [3.8, 4) is 0 Å². The summed E-state index contributed by atoms with van der Waals surface area (Å²) < 4.78 is 0. The van der Waals surface area contributed by atoms with Gasteiger partial charge in [-0.25, -0.2) is 0 Å². The zero-order valence-electron chi connectivity index (χ0n) is 13.1. The topological polar surface area (TPSA) is 13.0 Å². The molecule has 20 heavy (non-hydrogen) atoms. The van der Waals surface area contributed by atoms with Gasteiger partial charge in [0.15, 0.2) is 0 Å². The van der Waals surface area contributed by atoms with Crippen molar-refractivity contribution >= 4 is 12.4 Å². The average Bonchev–Trinajstić information content (AvgIpc) is 2.37. The van der Waals surface area contributed by atoms with E-state index in [1.54, 1.807) is 0 Å². The van der Waals surface area contributed by atoms with Crippen LogP contribution >= 0.6 is 12.4 Å². The Morgan fingerprint density at radius 2 is 0.850 bits per heavy atom. The van der Waals surface area contributed by atoms with Gasteiger partial charge in [-0.3, -0.25) is 0 Å². The number of fused-ring (bicyclic) bond motifs is 3. The summed E-state index contributed by atoms with van der Waals surface area (Å²) in [6.45, 7) is 12.5. The van der Waals surface area contributed by atoms with Gasteiger partial charge in [-0.15, -0.1) is 12.4 Å². The first kappa shape index (κ1) is 20.6. The summed E-state index contributed by atoms with van der Waals surface area (Å²) in [6.07, 6.45) is 2.64. The Hall–Kier alpha value is 0.649. The third-order valence-corrected chi connectivity index (χ3v) is 4.36. The van der Waals surface area contributed by atoms with Crippen LogP contribution < -0.4 is 0 Å². The minimum Gasteiger partial charge on any atom is -0.305 e. The molecule has 0 saturated carbocycles. The Kier molecular flexibility index (Phi) is 11.6. The minimum absolute atomic E-state index is 0. The molecule has 2 rings (SSSR count). The molecule has 2 aliphatic rings. The molecule has 2 unspecified atom stereocenters. The maximum absolute atomic E-state index is 2.66. The standard InChI is InChI=1S/C14H30N4.ClH.Mn/c1-15-5-3-7-18-12-10-16(2)6-4-8-17(11-9-15)13-14-18;;/h3-14H2,1-2H3;1H;. The maximum Gasteiger partial charge on any atom is 0.0110 e. The first-order valence-electron chi connectivity index (χ1n) is 7.56. The average molecular weight is 346 g/mol. The van der Waals surface area contributed by atoms with Gasteiger partial charge in [-0.05, 0) is 53.1 Å². The molecule has 6 heteroatoms. The van der Waals surface area contributed by atoms with E-state index >= 15 is 0 Å². The predicted molar refractivity (Wildman–Crippen MR) is 84.4 cm³/mol. The number of hydrogen-bond donors (Lipinski definition) is 0.